The first-order valence-corrected chi connectivity index (χ1v) is 8.08. The zero-order chi connectivity index (χ0) is 16.5. The summed E-state index contributed by atoms with van der Waals surface area (Å²) in [4.78, 5) is 12.1. The number of nitrogens with zero attached hydrogens (tertiary/aromatic N) is 1. The highest BCUT2D eigenvalue weighted by atomic mass is 19.1. The van der Waals surface area contributed by atoms with E-state index in [1.54, 1.807) is 18.2 Å². The molecule has 2 N–H and O–H groups in total. The number of halogens is 1. The van der Waals surface area contributed by atoms with Crippen LogP contribution in [-0.2, 0) is 11.2 Å². The highest BCUT2D eigenvalue weighted by Gasteiger charge is 2.17. The number of nitriles is 1. The average molecular weight is 315 g/mol. The molecular weight excluding hydrogens is 293 g/mol. The maximum Gasteiger partial charge on any atom is 0.263 e. The molecule has 4 nitrogen and oxygen atoms in total. The van der Waals surface area contributed by atoms with Gasteiger partial charge in [-0.1, -0.05) is 37.5 Å². The van der Waals surface area contributed by atoms with Crippen LogP contribution >= 0.6 is 0 Å². The minimum atomic E-state index is -0.335. The Hall–Kier alpha value is -2.35. The molecule has 1 aromatic rings. The fourth-order valence-corrected chi connectivity index (χ4v) is 2.74. The van der Waals surface area contributed by atoms with Crippen molar-refractivity contribution in [1.82, 2.24) is 10.6 Å². The molecule has 0 heterocycles. The van der Waals surface area contributed by atoms with Gasteiger partial charge in [-0.2, -0.15) is 5.26 Å². The zero-order valence-corrected chi connectivity index (χ0v) is 13.1. The number of hydrogen-bond donors (Lipinski definition) is 2. The molecule has 1 saturated carbocycles. The van der Waals surface area contributed by atoms with Crippen LogP contribution in [0.2, 0.25) is 0 Å². The Balaban J connectivity index is 1.80. The molecule has 0 aliphatic heterocycles. The molecule has 0 saturated heterocycles. The van der Waals surface area contributed by atoms with Gasteiger partial charge in [0.2, 0.25) is 0 Å². The van der Waals surface area contributed by atoms with Gasteiger partial charge in [-0.05, 0) is 30.9 Å². The fraction of sp³-hybridized carbons (Fsp3) is 0.444. The van der Waals surface area contributed by atoms with Gasteiger partial charge in [-0.15, -0.1) is 0 Å². The normalized spacial score (nSPS) is 15.7. The summed E-state index contributed by atoms with van der Waals surface area (Å²) in [6.45, 7) is 0.461. The van der Waals surface area contributed by atoms with Crippen molar-refractivity contribution in [2.24, 2.45) is 0 Å². The van der Waals surface area contributed by atoms with Gasteiger partial charge in [0.05, 0.1) is 0 Å². The highest BCUT2D eigenvalue weighted by molar-refractivity contribution is 5.97. The van der Waals surface area contributed by atoms with E-state index < -0.39 is 0 Å². The van der Waals surface area contributed by atoms with E-state index in [2.05, 4.69) is 10.6 Å². The Morgan fingerprint density at radius 1 is 1.30 bits per heavy atom. The fourth-order valence-electron chi connectivity index (χ4n) is 2.74. The standard InChI is InChI=1S/C18H22FN3O/c19-17-9-5-4-6-14(17)10-11-21-13-15(12-20)18(23)22-16-7-2-1-3-8-16/h4-6,9,13,16,21H,1-3,7-8,10-11H2,(H,22,23)/b15-13-. The first kappa shape index (κ1) is 17.0. The van der Waals surface area contributed by atoms with E-state index in [1.165, 1.54) is 18.7 Å². The van der Waals surface area contributed by atoms with E-state index in [9.17, 15) is 9.18 Å². The van der Waals surface area contributed by atoms with Crippen LogP contribution in [0.15, 0.2) is 36.0 Å². The van der Waals surface area contributed by atoms with E-state index in [0.29, 0.717) is 18.5 Å². The van der Waals surface area contributed by atoms with Crippen molar-refractivity contribution < 1.29 is 9.18 Å². The summed E-state index contributed by atoms with van der Waals surface area (Å²) < 4.78 is 13.5. The third-order valence-corrected chi connectivity index (χ3v) is 4.05. The van der Waals surface area contributed by atoms with Crippen LogP contribution in [-0.4, -0.2) is 18.5 Å². The largest absolute Gasteiger partial charge is 0.389 e. The van der Waals surface area contributed by atoms with Crippen LogP contribution in [0.4, 0.5) is 4.39 Å². The Bertz CT molecular complexity index is 601. The van der Waals surface area contributed by atoms with Crippen molar-refractivity contribution in [2.45, 2.75) is 44.6 Å². The predicted octanol–water partition coefficient (Wildman–Crippen LogP) is 2.81. The van der Waals surface area contributed by atoms with Crippen LogP contribution in [0.3, 0.4) is 0 Å². The third kappa shape index (κ3) is 5.41. The summed E-state index contributed by atoms with van der Waals surface area (Å²) in [5.41, 5.74) is 0.669. The van der Waals surface area contributed by atoms with E-state index in [4.69, 9.17) is 5.26 Å². The second-order valence-electron chi connectivity index (χ2n) is 5.77. The van der Waals surface area contributed by atoms with Crippen molar-refractivity contribution in [3.8, 4) is 6.07 Å². The lowest BCUT2D eigenvalue weighted by molar-refractivity contribution is -0.118. The second-order valence-corrected chi connectivity index (χ2v) is 5.77. The van der Waals surface area contributed by atoms with E-state index in [-0.39, 0.29) is 23.3 Å². The molecule has 0 aromatic heterocycles. The molecule has 0 radical (unpaired) electrons. The molecule has 1 fully saturated rings. The lowest BCUT2D eigenvalue weighted by Gasteiger charge is -2.22. The number of rotatable bonds is 6. The van der Waals surface area contributed by atoms with E-state index >= 15 is 0 Å². The molecule has 1 amide bonds. The molecule has 1 aliphatic carbocycles. The maximum absolute atomic E-state index is 13.5. The number of carbonyl (C=O) groups excluding carboxylic acids is 1. The lowest BCUT2D eigenvalue weighted by Crippen LogP contribution is -2.37. The Labute approximate surface area is 136 Å². The third-order valence-electron chi connectivity index (χ3n) is 4.05. The molecule has 122 valence electrons. The predicted molar refractivity (Wildman–Crippen MR) is 86.8 cm³/mol. The van der Waals surface area contributed by atoms with Crippen LogP contribution in [0.5, 0.6) is 0 Å². The van der Waals surface area contributed by atoms with Crippen LogP contribution in [0, 0.1) is 17.1 Å². The van der Waals surface area contributed by atoms with Gasteiger partial charge in [0.15, 0.2) is 0 Å². The van der Waals surface area contributed by atoms with Gasteiger partial charge in [-0.25, -0.2) is 4.39 Å². The molecule has 0 unspecified atom stereocenters. The first-order valence-electron chi connectivity index (χ1n) is 8.08. The number of carbonyl (C=O) groups is 1. The summed E-state index contributed by atoms with van der Waals surface area (Å²) in [5.74, 6) is -0.577. The van der Waals surface area contributed by atoms with Crippen LogP contribution in [0.1, 0.15) is 37.7 Å². The summed E-state index contributed by atoms with van der Waals surface area (Å²) in [6.07, 6.45) is 7.32. The molecule has 1 aliphatic rings. The summed E-state index contributed by atoms with van der Waals surface area (Å²) >= 11 is 0. The summed E-state index contributed by atoms with van der Waals surface area (Å²) in [5, 5.41) is 14.9. The van der Waals surface area contributed by atoms with Gasteiger partial charge in [0.25, 0.3) is 5.91 Å². The van der Waals surface area contributed by atoms with E-state index in [0.717, 1.165) is 25.7 Å². The quantitative estimate of drug-likeness (QED) is 0.482. The second kappa shape index (κ2) is 8.94. The molecule has 0 spiro atoms. The van der Waals surface area contributed by atoms with Crippen molar-refractivity contribution in [2.75, 3.05) is 6.54 Å². The molecule has 0 atom stereocenters. The Morgan fingerprint density at radius 3 is 2.74 bits per heavy atom. The summed E-state index contributed by atoms with van der Waals surface area (Å²) in [7, 11) is 0. The first-order chi connectivity index (χ1) is 11.2. The minimum absolute atomic E-state index is 0.0594. The monoisotopic (exact) mass is 315 g/mol. The van der Waals surface area contributed by atoms with Crippen LogP contribution in [0.25, 0.3) is 0 Å². The Morgan fingerprint density at radius 2 is 2.04 bits per heavy atom. The molecule has 0 bridgehead atoms. The van der Waals surface area contributed by atoms with Gasteiger partial charge in [-0.3, -0.25) is 4.79 Å². The van der Waals surface area contributed by atoms with Crippen molar-refractivity contribution in [3.05, 3.63) is 47.4 Å². The molecular formula is C18H22FN3O. The Kier molecular flexibility index (Phi) is 6.61. The molecule has 5 heteroatoms. The van der Waals surface area contributed by atoms with Crippen molar-refractivity contribution in [1.29, 1.82) is 5.26 Å². The molecule has 2 rings (SSSR count). The van der Waals surface area contributed by atoms with Crippen molar-refractivity contribution in [3.63, 3.8) is 0 Å². The topological polar surface area (TPSA) is 64.9 Å². The SMILES string of the molecule is N#C/C(=C/NCCc1ccccc1F)C(=O)NC1CCCCC1. The van der Waals surface area contributed by atoms with E-state index in [1.807, 2.05) is 6.07 Å². The number of nitrogens with one attached hydrogen (secondary N) is 2. The zero-order valence-electron chi connectivity index (χ0n) is 13.1. The minimum Gasteiger partial charge on any atom is -0.389 e. The van der Waals surface area contributed by atoms with Crippen LogP contribution < -0.4 is 10.6 Å². The molecule has 23 heavy (non-hydrogen) atoms. The number of amides is 1. The van der Waals surface area contributed by atoms with Crippen molar-refractivity contribution >= 4 is 5.91 Å². The highest BCUT2D eigenvalue weighted by Crippen LogP contribution is 2.17. The summed E-state index contributed by atoms with van der Waals surface area (Å²) in [6, 6.07) is 8.66. The van der Waals surface area contributed by atoms with Gasteiger partial charge >= 0.3 is 0 Å². The number of benzene rings is 1. The molecule has 1 aromatic carbocycles. The number of hydrogen-bond acceptors (Lipinski definition) is 3. The maximum atomic E-state index is 13.5. The average Bonchev–Trinajstić information content (AvgIpc) is 2.57. The van der Waals surface area contributed by atoms with Gasteiger partial charge in [0.1, 0.15) is 17.5 Å². The smallest absolute Gasteiger partial charge is 0.263 e. The van der Waals surface area contributed by atoms with Gasteiger partial charge < -0.3 is 10.6 Å². The van der Waals surface area contributed by atoms with Gasteiger partial charge in [0, 0.05) is 18.8 Å². The lowest BCUT2D eigenvalue weighted by atomic mass is 9.95.